The Labute approximate surface area is 214 Å². The molecule has 0 bridgehead atoms. The predicted octanol–water partition coefficient (Wildman–Crippen LogP) is 1.83. The molecule has 0 saturated heterocycles. The molecule has 1 aliphatic carbocycles. The highest BCUT2D eigenvalue weighted by atomic mass is 16.5. The second-order valence-corrected chi connectivity index (χ2v) is 8.88. The maximum Gasteiger partial charge on any atom is 0.325 e. The summed E-state index contributed by atoms with van der Waals surface area (Å²) in [7, 11) is 3.08. The van der Waals surface area contributed by atoms with E-state index in [4.69, 9.17) is 10.5 Å². The number of methoxy groups -OCH3 is 1. The fraction of sp³-hybridized carbons (Fsp3) is 0.346. The zero-order valence-electron chi connectivity index (χ0n) is 20.8. The van der Waals surface area contributed by atoms with E-state index in [0.717, 1.165) is 36.0 Å². The number of amides is 2. The number of carbonyl (C=O) groups excluding carboxylic acids is 3. The number of carbonyl (C=O) groups is 3. The molecule has 0 radical (unpaired) electrons. The Morgan fingerprint density at radius 1 is 1.14 bits per heavy atom. The average molecular weight is 507 g/mol. The summed E-state index contributed by atoms with van der Waals surface area (Å²) >= 11 is 0. The fourth-order valence-electron chi connectivity index (χ4n) is 4.25. The third kappa shape index (κ3) is 6.50. The Hall–Kier alpha value is -4.25. The minimum absolute atomic E-state index is 0.155. The number of hydrogen-bond donors (Lipinski definition) is 3. The van der Waals surface area contributed by atoms with Crippen LogP contribution in [0.3, 0.4) is 0 Å². The monoisotopic (exact) mass is 506 g/mol. The van der Waals surface area contributed by atoms with Crippen molar-refractivity contribution in [1.29, 1.82) is 0 Å². The van der Waals surface area contributed by atoms with Crippen molar-refractivity contribution >= 4 is 23.6 Å². The molecule has 4 rings (SSSR count). The maximum atomic E-state index is 13.1. The minimum atomic E-state index is -0.525. The van der Waals surface area contributed by atoms with Crippen molar-refractivity contribution in [1.82, 2.24) is 25.4 Å². The number of nitrogens with one attached hydrogen (secondary N) is 2. The molecule has 0 aliphatic heterocycles. The molecule has 11 heteroatoms. The van der Waals surface area contributed by atoms with Gasteiger partial charge in [-0.15, -0.1) is 0 Å². The van der Waals surface area contributed by atoms with Crippen LogP contribution in [-0.4, -0.2) is 58.3 Å². The van der Waals surface area contributed by atoms with Gasteiger partial charge < -0.3 is 25.8 Å². The van der Waals surface area contributed by atoms with Crippen LogP contribution in [0.1, 0.15) is 45.5 Å². The highest BCUT2D eigenvalue weighted by Gasteiger charge is 2.30. The van der Waals surface area contributed by atoms with E-state index in [1.165, 1.54) is 7.11 Å². The van der Waals surface area contributed by atoms with Crippen LogP contribution in [0.5, 0.6) is 0 Å². The van der Waals surface area contributed by atoms with Gasteiger partial charge in [-0.1, -0.05) is 12.1 Å². The van der Waals surface area contributed by atoms with E-state index in [1.54, 1.807) is 41.3 Å². The number of pyridine rings is 1. The standard InChI is InChI=1S/C26H30N6O5/c1-32-14-19(12-30-32)18-10-20(24(27)28-11-18)26(35)31-21-7-4-8-22(21)37-15-16-5-3-6-17(9-16)25(34)29-13-23(33)36-2/h3,5-6,9-12,14,21-22H,4,7-8,13,15H2,1-2H3,(H2,27,28)(H,29,34)(H,31,35)/t21-,22-/m0/s1. The third-order valence-corrected chi connectivity index (χ3v) is 6.24. The van der Waals surface area contributed by atoms with E-state index in [-0.39, 0.29) is 42.9 Å². The number of nitrogen functional groups attached to an aromatic ring is 1. The first-order chi connectivity index (χ1) is 17.8. The number of esters is 1. The number of aryl methyl sites for hydroxylation is 1. The number of rotatable bonds is 9. The van der Waals surface area contributed by atoms with E-state index in [0.29, 0.717) is 11.1 Å². The first kappa shape index (κ1) is 25.8. The fourth-order valence-corrected chi connectivity index (χ4v) is 4.25. The van der Waals surface area contributed by atoms with Crippen molar-refractivity contribution in [2.75, 3.05) is 19.4 Å². The average Bonchev–Trinajstić information content (AvgIpc) is 3.54. The molecule has 1 fully saturated rings. The van der Waals surface area contributed by atoms with E-state index in [9.17, 15) is 14.4 Å². The summed E-state index contributed by atoms with van der Waals surface area (Å²) in [6, 6.07) is 8.52. The highest BCUT2D eigenvalue weighted by Crippen LogP contribution is 2.26. The van der Waals surface area contributed by atoms with Crippen LogP contribution >= 0.6 is 0 Å². The van der Waals surface area contributed by atoms with Gasteiger partial charge in [-0.2, -0.15) is 5.10 Å². The number of ether oxygens (including phenoxy) is 2. The van der Waals surface area contributed by atoms with Crippen molar-refractivity contribution < 1.29 is 23.9 Å². The van der Waals surface area contributed by atoms with Crippen LogP contribution in [0.25, 0.3) is 11.1 Å². The van der Waals surface area contributed by atoms with Crippen LogP contribution in [0.15, 0.2) is 48.9 Å². The topological polar surface area (TPSA) is 150 Å². The van der Waals surface area contributed by atoms with Crippen molar-refractivity contribution in [2.24, 2.45) is 7.05 Å². The highest BCUT2D eigenvalue weighted by molar-refractivity contribution is 5.99. The molecular weight excluding hydrogens is 476 g/mol. The van der Waals surface area contributed by atoms with Gasteiger partial charge in [0.05, 0.1) is 37.6 Å². The van der Waals surface area contributed by atoms with Crippen LogP contribution in [0.2, 0.25) is 0 Å². The van der Waals surface area contributed by atoms with E-state index in [1.807, 2.05) is 19.3 Å². The zero-order valence-corrected chi connectivity index (χ0v) is 20.8. The second-order valence-electron chi connectivity index (χ2n) is 8.88. The van der Waals surface area contributed by atoms with Gasteiger partial charge in [-0.05, 0) is 43.0 Å². The molecular formula is C26H30N6O5. The number of anilines is 1. The molecule has 2 aromatic heterocycles. The lowest BCUT2D eigenvalue weighted by Gasteiger charge is -2.22. The van der Waals surface area contributed by atoms with Crippen LogP contribution in [0.4, 0.5) is 5.82 Å². The van der Waals surface area contributed by atoms with Gasteiger partial charge in [-0.3, -0.25) is 19.1 Å². The van der Waals surface area contributed by atoms with Crippen molar-refractivity contribution in [3.63, 3.8) is 0 Å². The largest absolute Gasteiger partial charge is 0.468 e. The van der Waals surface area contributed by atoms with Gasteiger partial charge in [0.2, 0.25) is 0 Å². The molecule has 0 unspecified atom stereocenters. The number of hydrogen-bond acceptors (Lipinski definition) is 8. The molecule has 2 amide bonds. The molecule has 11 nitrogen and oxygen atoms in total. The predicted molar refractivity (Wildman–Crippen MR) is 135 cm³/mol. The van der Waals surface area contributed by atoms with Crippen LogP contribution in [-0.2, 0) is 27.9 Å². The number of nitrogens with zero attached hydrogens (tertiary/aromatic N) is 3. The Balaban J connectivity index is 1.36. The Morgan fingerprint density at radius 3 is 2.73 bits per heavy atom. The first-order valence-corrected chi connectivity index (χ1v) is 11.9. The van der Waals surface area contributed by atoms with E-state index < -0.39 is 5.97 Å². The molecule has 194 valence electrons. The quantitative estimate of drug-likeness (QED) is 0.372. The number of benzene rings is 1. The lowest BCUT2D eigenvalue weighted by Crippen LogP contribution is -2.41. The number of aromatic nitrogens is 3. The molecule has 1 aliphatic rings. The summed E-state index contributed by atoms with van der Waals surface area (Å²) in [6.45, 7) is 0.0695. The molecule has 4 N–H and O–H groups in total. The van der Waals surface area contributed by atoms with Crippen molar-refractivity contribution in [3.8, 4) is 11.1 Å². The zero-order chi connectivity index (χ0) is 26.4. The van der Waals surface area contributed by atoms with Gasteiger partial charge in [0.25, 0.3) is 11.8 Å². The summed E-state index contributed by atoms with van der Waals surface area (Å²) in [5, 5.41) is 9.74. The third-order valence-electron chi connectivity index (χ3n) is 6.24. The SMILES string of the molecule is COC(=O)CNC(=O)c1cccc(CO[C@H]2CCC[C@@H]2NC(=O)c2cc(-c3cnn(C)c3)cnc2N)c1. The van der Waals surface area contributed by atoms with Gasteiger partial charge in [0, 0.05) is 36.1 Å². The van der Waals surface area contributed by atoms with Gasteiger partial charge in [0.15, 0.2) is 0 Å². The van der Waals surface area contributed by atoms with Gasteiger partial charge in [0.1, 0.15) is 12.4 Å². The Bertz CT molecular complexity index is 1290. The lowest BCUT2D eigenvalue weighted by atomic mass is 10.1. The first-order valence-electron chi connectivity index (χ1n) is 11.9. The smallest absolute Gasteiger partial charge is 0.325 e. The lowest BCUT2D eigenvalue weighted by molar-refractivity contribution is -0.139. The molecule has 1 aromatic carbocycles. The molecule has 37 heavy (non-hydrogen) atoms. The summed E-state index contributed by atoms with van der Waals surface area (Å²) in [4.78, 5) is 40.9. The summed E-state index contributed by atoms with van der Waals surface area (Å²) in [5.41, 5.74) is 9.14. The molecule has 0 spiro atoms. The Morgan fingerprint density at radius 2 is 1.97 bits per heavy atom. The molecule has 3 aromatic rings. The van der Waals surface area contributed by atoms with Crippen molar-refractivity contribution in [3.05, 3.63) is 65.6 Å². The summed E-state index contributed by atoms with van der Waals surface area (Å²) in [5.74, 6) is -1.05. The molecule has 1 saturated carbocycles. The van der Waals surface area contributed by atoms with Gasteiger partial charge in [-0.25, -0.2) is 4.98 Å². The van der Waals surface area contributed by atoms with Gasteiger partial charge >= 0.3 is 5.97 Å². The maximum absolute atomic E-state index is 13.1. The normalized spacial score (nSPS) is 16.8. The second kappa shape index (κ2) is 11.7. The number of nitrogens with two attached hydrogens (primary N) is 1. The molecule has 2 heterocycles. The van der Waals surface area contributed by atoms with Crippen LogP contribution in [0, 0.1) is 0 Å². The minimum Gasteiger partial charge on any atom is -0.468 e. The van der Waals surface area contributed by atoms with E-state index in [2.05, 4.69) is 25.5 Å². The van der Waals surface area contributed by atoms with Crippen molar-refractivity contribution in [2.45, 2.75) is 38.0 Å². The van der Waals surface area contributed by atoms with E-state index >= 15 is 0 Å². The molecule has 2 atom stereocenters. The summed E-state index contributed by atoms with van der Waals surface area (Å²) < 4.78 is 12.4. The Kier molecular flexibility index (Phi) is 8.14. The summed E-state index contributed by atoms with van der Waals surface area (Å²) in [6.07, 6.45) is 7.47. The van der Waals surface area contributed by atoms with Crippen LogP contribution < -0.4 is 16.4 Å².